The quantitative estimate of drug-likeness (QED) is 0.764. The van der Waals surface area contributed by atoms with Crippen LogP contribution in [0.3, 0.4) is 0 Å². The molecule has 1 amide bonds. The molecule has 1 rings (SSSR count). The Balaban J connectivity index is 2.58. The molecule has 0 aromatic heterocycles. The lowest BCUT2D eigenvalue weighted by molar-refractivity contribution is -0.133. The molecule has 1 heterocycles. The summed E-state index contributed by atoms with van der Waals surface area (Å²) in [6.07, 6.45) is 0.550. The van der Waals surface area contributed by atoms with Crippen molar-refractivity contribution in [1.82, 2.24) is 10.2 Å². The third kappa shape index (κ3) is 4.49. The maximum Gasteiger partial charge on any atom is 0.262 e. The largest absolute Gasteiger partial charge is 0.341 e. The number of rotatable bonds is 5. The van der Waals surface area contributed by atoms with E-state index in [0.29, 0.717) is 6.54 Å². The van der Waals surface area contributed by atoms with Crippen LogP contribution in [0.15, 0.2) is 0 Å². The van der Waals surface area contributed by atoms with E-state index in [2.05, 4.69) is 5.32 Å². The van der Waals surface area contributed by atoms with Crippen molar-refractivity contribution in [3.05, 3.63) is 0 Å². The Bertz CT molecular complexity index is 411. The van der Waals surface area contributed by atoms with Crippen molar-refractivity contribution in [3.63, 3.8) is 0 Å². The number of sulfone groups is 1. The minimum Gasteiger partial charge on any atom is -0.341 e. The third-order valence-corrected chi connectivity index (χ3v) is 3.76. The second-order valence-electron chi connectivity index (χ2n) is 4.54. The Kier molecular flexibility index (Phi) is 4.66. The molecule has 1 unspecified atom stereocenters. The van der Waals surface area contributed by atoms with Gasteiger partial charge in [0.05, 0.1) is 18.3 Å². The molecule has 0 aromatic carbocycles. The van der Waals surface area contributed by atoms with Crippen LogP contribution in [0.2, 0.25) is 0 Å². The summed E-state index contributed by atoms with van der Waals surface area (Å²) in [5.74, 6) is -3.48. The number of alkyl halides is 2. The number of amides is 1. The summed E-state index contributed by atoms with van der Waals surface area (Å²) in [6, 6.07) is -0.917. The molecule has 1 fully saturated rings. The van der Waals surface area contributed by atoms with E-state index in [1.54, 1.807) is 6.92 Å². The SMILES string of the molecule is CCN(CCS(C)(=O)=O)C(=O)C1CC(F)(F)CN1. The Labute approximate surface area is 105 Å². The van der Waals surface area contributed by atoms with Gasteiger partial charge >= 0.3 is 0 Å². The van der Waals surface area contributed by atoms with Crippen LogP contribution in [0.1, 0.15) is 13.3 Å². The standard InChI is InChI=1S/C10H18F2N2O3S/c1-3-14(4-5-18(2,16)17)9(15)8-6-10(11,12)7-13-8/h8,13H,3-7H2,1-2H3. The highest BCUT2D eigenvalue weighted by atomic mass is 32.2. The minimum absolute atomic E-state index is 0.0396. The van der Waals surface area contributed by atoms with Crippen LogP contribution in [-0.4, -0.2) is 62.8 Å². The lowest BCUT2D eigenvalue weighted by atomic mass is 10.1. The van der Waals surface area contributed by atoms with Gasteiger partial charge in [0.2, 0.25) is 5.91 Å². The molecular weight excluding hydrogens is 266 g/mol. The number of carbonyl (C=O) groups excluding carboxylic acids is 1. The van der Waals surface area contributed by atoms with Crippen LogP contribution in [0, 0.1) is 0 Å². The van der Waals surface area contributed by atoms with E-state index in [9.17, 15) is 22.0 Å². The first-order chi connectivity index (χ1) is 8.14. The molecule has 106 valence electrons. The van der Waals surface area contributed by atoms with Gasteiger partial charge in [-0.3, -0.25) is 10.1 Å². The number of halogens is 2. The minimum atomic E-state index is -3.17. The van der Waals surface area contributed by atoms with Crippen LogP contribution in [-0.2, 0) is 14.6 Å². The summed E-state index contributed by atoms with van der Waals surface area (Å²) in [6.45, 7) is 1.52. The van der Waals surface area contributed by atoms with Crippen LogP contribution >= 0.6 is 0 Å². The predicted octanol–water partition coefficient (Wildman–Crippen LogP) is -0.123. The molecule has 0 saturated carbocycles. The normalized spacial score (nSPS) is 23.0. The highest BCUT2D eigenvalue weighted by Crippen LogP contribution is 2.25. The molecule has 0 radical (unpaired) electrons. The lowest BCUT2D eigenvalue weighted by Gasteiger charge is -2.23. The molecule has 1 aliphatic heterocycles. The molecule has 0 spiro atoms. The smallest absolute Gasteiger partial charge is 0.262 e. The Morgan fingerprint density at radius 3 is 2.50 bits per heavy atom. The molecule has 5 nitrogen and oxygen atoms in total. The molecule has 1 atom stereocenters. The van der Waals surface area contributed by atoms with E-state index in [4.69, 9.17) is 0 Å². The van der Waals surface area contributed by atoms with Gasteiger partial charge in [-0.1, -0.05) is 0 Å². The van der Waals surface area contributed by atoms with Gasteiger partial charge in [-0.05, 0) is 6.92 Å². The van der Waals surface area contributed by atoms with Gasteiger partial charge in [-0.15, -0.1) is 0 Å². The number of likely N-dealkylation sites (N-methyl/N-ethyl adjacent to an activating group) is 1. The lowest BCUT2D eigenvalue weighted by Crippen LogP contribution is -2.45. The van der Waals surface area contributed by atoms with E-state index < -0.39 is 40.7 Å². The summed E-state index contributed by atoms with van der Waals surface area (Å²) in [4.78, 5) is 13.2. The maximum atomic E-state index is 13.0. The van der Waals surface area contributed by atoms with Gasteiger partial charge in [-0.25, -0.2) is 17.2 Å². The first kappa shape index (κ1) is 15.3. The predicted molar refractivity (Wildman–Crippen MR) is 63.3 cm³/mol. The van der Waals surface area contributed by atoms with E-state index >= 15 is 0 Å². The van der Waals surface area contributed by atoms with Crippen LogP contribution < -0.4 is 5.32 Å². The van der Waals surface area contributed by atoms with Gasteiger partial charge in [0, 0.05) is 25.8 Å². The molecule has 0 aromatic rings. The number of nitrogens with zero attached hydrogens (tertiary/aromatic N) is 1. The summed E-state index contributed by atoms with van der Waals surface area (Å²) in [5.41, 5.74) is 0. The van der Waals surface area contributed by atoms with Gasteiger partial charge in [0.25, 0.3) is 5.92 Å². The third-order valence-electron chi connectivity index (χ3n) is 2.83. The van der Waals surface area contributed by atoms with Crippen LogP contribution in [0.25, 0.3) is 0 Å². The van der Waals surface area contributed by atoms with Crippen molar-refractivity contribution >= 4 is 15.7 Å². The average Bonchev–Trinajstić information content (AvgIpc) is 2.58. The highest BCUT2D eigenvalue weighted by molar-refractivity contribution is 7.90. The number of hydrogen-bond donors (Lipinski definition) is 1. The zero-order valence-corrected chi connectivity index (χ0v) is 11.3. The molecule has 1 aliphatic rings. The van der Waals surface area contributed by atoms with Crippen LogP contribution in [0.4, 0.5) is 8.78 Å². The Hall–Kier alpha value is -0.760. The highest BCUT2D eigenvalue weighted by Gasteiger charge is 2.43. The molecule has 0 aliphatic carbocycles. The number of hydrogen-bond acceptors (Lipinski definition) is 4. The summed E-state index contributed by atoms with van der Waals surface area (Å²) in [7, 11) is -3.17. The zero-order valence-electron chi connectivity index (χ0n) is 10.4. The van der Waals surface area contributed by atoms with Crippen molar-refractivity contribution in [2.24, 2.45) is 0 Å². The molecule has 8 heteroatoms. The van der Waals surface area contributed by atoms with Crippen molar-refractivity contribution in [2.45, 2.75) is 25.3 Å². The van der Waals surface area contributed by atoms with E-state index in [1.807, 2.05) is 0 Å². The van der Waals surface area contributed by atoms with Gasteiger partial charge in [-0.2, -0.15) is 0 Å². The first-order valence-corrected chi connectivity index (χ1v) is 7.78. The molecular formula is C10H18F2N2O3S. The second-order valence-corrected chi connectivity index (χ2v) is 6.80. The fraction of sp³-hybridized carbons (Fsp3) is 0.900. The molecule has 18 heavy (non-hydrogen) atoms. The van der Waals surface area contributed by atoms with E-state index in [0.717, 1.165) is 6.26 Å². The number of carbonyl (C=O) groups is 1. The van der Waals surface area contributed by atoms with Crippen molar-refractivity contribution in [1.29, 1.82) is 0 Å². The van der Waals surface area contributed by atoms with Crippen molar-refractivity contribution < 1.29 is 22.0 Å². The zero-order chi connectivity index (χ0) is 14.0. The summed E-state index contributed by atoms with van der Waals surface area (Å²) >= 11 is 0. The molecule has 1 N–H and O–H groups in total. The van der Waals surface area contributed by atoms with Gasteiger partial charge < -0.3 is 4.90 Å². The summed E-state index contributed by atoms with van der Waals surface area (Å²) in [5, 5.41) is 2.47. The molecule has 0 bridgehead atoms. The fourth-order valence-electron chi connectivity index (χ4n) is 1.81. The van der Waals surface area contributed by atoms with Crippen molar-refractivity contribution in [3.8, 4) is 0 Å². The monoisotopic (exact) mass is 284 g/mol. The van der Waals surface area contributed by atoms with E-state index in [1.165, 1.54) is 4.90 Å². The van der Waals surface area contributed by atoms with Crippen molar-refractivity contribution in [2.75, 3.05) is 31.6 Å². The topological polar surface area (TPSA) is 66.5 Å². The Morgan fingerprint density at radius 2 is 2.11 bits per heavy atom. The summed E-state index contributed by atoms with van der Waals surface area (Å²) < 4.78 is 48.0. The number of nitrogens with one attached hydrogen (secondary N) is 1. The van der Waals surface area contributed by atoms with E-state index in [-0.39, 0.29) is 12.3 Å². The Morgan fingerprint density at radius 1 is 1.50 bits per heavy atom. The van der Waals surface area contributed by atoms with Crippen LogP contribution in [0.5, 0.6) is 0 Å². The fourth-order valence-corrected chi connectivity index (χ4v) is 2.36. The first-order valence-electron chi connectivity index (χ1n) is 5.72. The second kappa shape index (κ2) is 5.48. The van der Waals surface area contributed by atoms with Gasteiger partial charge in [0.1, 0.15) is 9.84 Å². The molecule has 1 saturated heterocycles. The average molecular weight is 284 g/mol. The van der Waals surface area contributed by atoms with Gasteiger partial charge in [0.15, 0.2) is 0 Å². The maximum absolute atomic E-state index is 13.0.